The Labute approximate surface area is 256 Å². The summed E-state index contributed by atoms with van der Waals surface area (Å²) in [4.78, 5) is 0. The fraction of sp³-hybridized carbons (Fsp3) is 1.00. The van der Waals surface area contributed by atoms with Gasteiger partial charge in [-0.15, -0.1) is 0 Å². The standard InChI is InChI=1S/C31H60O12/c1-3-5-7-9-10-12-14-16-31(15-13-11-8-6-4-2,19-40-29-27(38)25(36)23(34)21(17-32)42-29)20-41-30-28(39)26(37)24(35)22(18-33)43-30/h21-30,32-39H,3-20H2,1-2H3/t21-,22-,23-,24-,25+,26+,27-,28-,29-,30-/m1/s1. The summed E-state index contributed by atoms with van der Waals surface area (Å²) in [6, 6.07) is 0. The van der Waals surface area contributed by atoms with Gasteiger partial charge < -0.3 is 59.8 Å². The highest BCUT2D eigenvalue weighted by Crippen LogP contribution is 2.36. The Balaban J connectivity index is 2.21. The average Bonchev–Trinajstić information content (AvgIpc) is 3.01. The van der Waals surface area contributed by atoms with Gasteiger partial charge in [0.25, 0.3) is 0 Å². The molecule has 8 N–H and O–H groups in total. The number of hydrogen-bond donors (Lipinski definition) is 8. The van der Waals surface area contributed by atoms with Crippen LogP contribution in [0.15, 0.2) is 0 Å². The van der Waals surface area contributed by atoms with Crippen LogP contribution in [0.3, 0.4) is 0 Å². The van der Waals surface area contributed by atoms with Crippen molar-refractivity contribution in [3.8, 4) is 0 Å². The summed E-state index contributed by atoms with van der Waals surface area (Å²) in [6.45, 7) is 3.30. The van der Waals surface area contributed by atoms with E-state index in [-0.39, 0.29) is 13.2 Å². The first-order chi connectivity index (χ1) is 20.6. The van der Waals surface area contributed by atoms with Crippen molar-refractivity contribution in [3.05, 3.63) is 0 Å². The van der Waals surface area contributed by atoms with E-state index in [4.69, 9.17) is 18.9 Å². The van der Waals surface area contributed by atoms with Gasteiger partial charge >= 0.3 is 0 Å². The van der Waals surface area contributed by atoms with E-state index < -0.39 is 80.0 Å². The van der Waals surface area contributed by atoms with Crippen LogP contribution in [0.5, 0.6) is 0 Å². The quantitative estimate of drug-likeness (QED) is 0.0800. The Morgan fingerprint density at radius 2 is 0.837 bits per heavy atom. The number of rotatable bonds is 22. The van der Waals surface area contributed by atoms with E-state index >= 15 is 0 Å². The third-order valence-corrected chi connectivity index (χ3v) is 8.93. The number of ether oxygens (including phenoxy) is 4. The minimum absolute atomic E-state index is 0.0523. The van der Waals surface area contributed by atoms with Crippen LogP contribution >= 0.6 is 0 Å². The van der Waals surface area contributed by atoms with E-state index in [1.54, 1.807) is 0 Å². The molecule has 2 aliphatic heterocycles. The smallest absolute Gasteiger partial charge is 0.186 e. The van der Waals surface area contributed by atoms with Crippen LogP contribution in [0.4, 0.5) is 0 Å². The molecule has 0 radical (unpaired) electrons. The molecule has 0 aliphatic carbocycles. The SMILES string of the molecule is CCCCCCCCCC(CCCCCCC)(CO[C@@H]1O[C@H](CO)[C@@H](O)[C@H](O)[C@H]1O)CO[C@@H]1O[C@H](CO)[C@@H](O)[C@H](O)[C@H]1O. The molecule has 12 heteroatoms. The Morgan fingerprint density at radius 1 is 0.488 bits per heavy atom. The molecular weight excluding hydrogens is 564 g/mol. The number of aliphatic hydroxyl groups is 8. The molecule has 12 nitrogen and oxygen atoms in total. The molecule has 0 bridgehead atoms. The van der Waals surface area contributed by atoms with Crippen molar-refractivity contribution in [1.29, 1.82) is 0 Å². The topological polar surface area (TPSA) is 199 Å². The van der Waals surface area contributed by atoms with Gasteiger partial charge in [0, 0.05) is 5.41 Å². The molecule has 2 fully saturated rings. The maximum Gasteiger partial charge on any atom is 0.186 e. The van der Waals surface area contributed by atoms with Crippen molar-refractivity contribution in [2.24, 2.45) is 5.41 Å². The molecule has 10 atom stereocenters. The van der Waals surface area contributed by atoms with Crippen LogP contribution in [-0.4, -0.2) is 129 Å². The Bertz CT molecular complexity index is 670. The van der Waals surface area contributed by atoms with Gasteiger partial charge in [0.15, 0.2) is 12.6 Å². The van der Waals surface area contributed by atoms with E-state index in [0.29, 0.717) is 12.8 Å². The molecule has 0 amide bonds. The molecule has 2 aliphatic rings. The van der Waals surface area contributed by atoms with Gasteiger partial charge in [-0.1, -0.05) is 90.9 Å². The van der Waals surface area contributed by atoms with Crippen molar-refractivity contribution in [1.82, 2.24) is 0 Å². The molecule has 2 heterocycles. The number of hydrogen-bond acceptors (Lipinski definition) is 12. The minimum Gasteiger partial charge on any atom is -0.394 e. The zero-order chi connectivity index (χ0) is 31.8. The summed E-state index contributed by atoms with van der Waals surface area (Å²) >= 11 is 0. The summed E-state index contributed by atoms with van der Waals surface area (Å²) in [5.74, 6) is 0. The lowest BCUT2D eigenvalue weighted by Gasteiger charge is -2.43. The lowest BCUT2D eigenvalue weighted by atomic mass is 9.79. The molecule has 2 rings (SSSR count). The van der Waals surface area contributed by atoms with Crippen molar-refractivity contribution in [2.75, 3.05) is 26.4 Å². The van der Waals surface area contributed by atoms with Crippen molar-refractivity contribution < 1.29 is 59.8 Å². The third-order valence-electron chi connectivity index (χ3n) is 8.93. The molecule has 0 aromatic carbocycles. The third kappa shape index (κ3) is 12.0. The lowest BCUT2D eigenvalue weighted by molar-refractivity contribution is -0.319. The highest BCUT2D eigenvalue weighted by Gasteiger charge is 2.47. The molecular formula is C31H60O12. The highest BCUT2D eigenvalue weighted by molar-refractivity contribution is 4.91. The average molecular weight is 625 g/mol. The molecule has 0 aromatic rings. The van der Waals surface area contributed by atoms with Crippen LogP contribution in [0.2, 0.25) is 0 Å². The molecule has 0 saturated carbocycles. The van der Waals surface area contributed by atoms with Gasteiger partial charge in [-0.05, 0) is 12.8 Å². The fourth-order valence-corrected chi connectivity index (χ4v) is 5.94. The van der Waals surface area contributed by atoms with Crippen LogP contribution in [0.1, 0.15) is 104 Å². The second-order valence-corrected chi connectivity index (χ2v) is 12.6. The van der Waals surface area contributed by atoms with Crippen molar-refractivity contribution >= 4 is 0 Å². The second kappa shape index (κ2) is 20.6. The minimum atomic E-state index is -1.56. The van der Waals surface area contributed by atoms with Gasteiger partial charge in [0.2, 0.25) is 0 Å². The Kier molecular flexibility index (Phi) is 18.5. The van der Waals surface area contributed by atoms with E-state index in [2.05, 4.69) is 13.8 Å². The van der Waals surface area contributed by atoms with Gasteiger partial charge in [-0.25, -0.2) is 0 Å². The Morgan fingerprint density at radius 3 is 1.19 bits per heavy atom. The van der Waals surface area contributed by atoms with Gasteiger partial charge in [0.05, 0.1) is 26.4 Å². The number of aliphatic hydroxyl groups excluding tert-OH is 8. The zero-order valence-electron chi connectivity index (χ0n) is 26.2. The van der Waals surface area contributed by atoms with Crippen LogP contribution in [-0.2, 0) is 18.9 Å². The predicted octanol–water partition coefficient (Wildman–Crippen LogP) is 1.11. The van der Waals surface area contributed by atoms with E-state index in [1.807, 2.05) is 0 Å². The molecule has 0 spiro atoms. The first-order valence-corrected chi connectivity index (χ1v) is 16.5. The summed E-state index contributed by atoms with van der Waals surface area (Å²) in [6.07, 6.45) is 0.242. The van der Waals surface area contributed by atoms with Crippen molar-refractivity contribution in [2.45, 2.75) is 165 Å². The fourth-order valence-electron chi connectivity index (χ4n) is 5.94. The number of unbranched alkanes of at least 4 members (excludes halogenated alkanes) is 10. The normalized spacial score (nSPS) is 33.6. The summed E-state index contributed by atoms with van der Waals surface area (Å²) < 4.78 is 23.4. The second-order valence-electron chi connectivity index (χ2n) is 12.6. The van der Waals surface area contributed by atoms with E-state index in [1.165, 1.54) is 19.3 Å². The van der Waals surface area contributed by atoms with Crippen LogP contribution in [0.25, 0.3) is 0 Å². The Hall–Kier alpha value is -0.480. The van der Waals surface area contributed by atoms with E-state index in [0.717, 1.165) is 57.8 Å². The molecule has 43 heavy (non-hydrogen) atoms. The zero-order valence-corrected chi connectivity index (χ0v) is 26.2. The predicted molar refractivity (Wildman–Crippen MR) is 158 cm³/mol. The maximum absolute atomic E-state index is 10.6. The summed E-state index contributed by atoms with van der Waals surface area (Å²) in [7, 11) is 0. The van der Waals surface area contributed by atoms with E-state index in [9.17, 15) is 40.9 Å². The van der Waals surface area contributed by atoms with Gasteiger partial charge in [0.1, 0.15) is 48.8 Å². The highest BCUT2D eigenvalue weighted by atomic mass is 16.7. The molecule has 0 aromatic heterocycles. The first-order valence-electron chi connectivity index (χ1n) is 16.5. The summed E-state index contributed by atoms with van der Waals surface area (Å²) in [5, 5.41) is 81.3. The van der Waals surface area contributed by atoms with Crippen molar-refractivity contribution in [3.63, 3.8) is 0 Å². The molecule has 0 unspecified atom stereocenters. The van der Waals surface area contributed by atoms with Crippen LogP contribution in [0, 0.1) is 5.41 Å². The largest absolute Gasteiger partial charge is 0.394 e. The first kappa shape index (κ1) is 38.7. The molecule has 256 valence electrons. The van der Waals surface area contributed by atoms with Gasteiger partial charge in [-0.3, -0.25) is 0 Å². The van der Waals surface area contributed by atoms with Crippen LogP contribution < -0.4 is 0 Å². The monoisotopic (exact) mass is 624 g/mol. The molecule has 2 saturated heterocycles. The summed E-state index contributed by atoms with van der Waals surface area (Å²) in [5.41, 5.74) is -0.632. The maximum atomic E-state index is 10.6. The lowest BCUT2D eigenvalue weighted by Crippen LogP contribution is -2.60. The van der Waals surface area contributed by atoms with Gasteiger partial charge in [-0.2, -0.15) is 0 Å².